The molecule has 0 saturated carbocycles. The van der Waals surface area contributed by atoms with Gasteiger partial charge in [-0.3, -0.25) is 4.79 Å². The Labute approximate surface area is 195 Å². The van der Waals surface area contributed by atoms with Crippen molar-refractivity contribution in [2.45, 2.75) is 24.9 Å². The van der Waals surface area contributed by atoms with Crippen molar-refractivity contribution in [3.8, 4) is 0 Å². The van der Waals surface area contributed by atoms with Crippen LogP contribution in [-0.2, 0) is 27.8 Å². The number of ether oxygens (including phenoxy) is 1. The molecule has 33 heavy (non-hydrogen) atoms. The number of sulfonamides is 1. The molecule has 4 rings (SSSR count). The smallest absolute Gasteiger partial charge is 0.254 e. The summed E-state index contributed by atoms with van der Waals surface area (Å²) in [5.41, 5.74) is 3.16. The Morgan fingerprint density at radius 3 is 1.97 bits per heavy atom. The molecular formula is C26H28N2O4S. The highest BCUT2D eigenvalue weighted by Crippen LogP contribution is 2.23. The zero-order valence-corrected chi connectivity index (χ0v) is 19.5. The minimum Gasteiger partial charge on any atom is -0.379 e. The van der Waals surface area contributed by atoms with Crippen LogP contribution in [0.15, 0.2) is 83.8 Å². The van der Waals surface area contributed by atoms with Gasteiger partial charge in [-0.05, 0) is 35.7 Å². The summed E-state index contributed by atoms with van der Waals surface area (Å²) in [4.78, 5) is 15.6. The first-order valence-electron chi connectivity index (χ1n) is 11.0. The Balaban J connectivity index is 1.67. The summed E-state index contributed by atoms with van der Waals surface area (Å²) in [6.07, 6.45) is 0. The van der Waals surface area contributed by atoms with E-state index in [2.05, 4.69) is 0 Å². The Morgan fingerprint density at radius 1 is 0.879 bits per heavy atom. The van der Waals surface area contributed by atoms with Crippen LogP contribution in [0.5, 0.6) is 0 Å². The number of hydrogen-bond donors (Lipinski definition) is 0. The molecule has 7 heteroatoms. The van der Waals surface area contributed by atoms with Crippen molar-refractivity contribution in [2.24, 2.45) is 0 Å². The lowest BCUT2D eigenvalue weighted by Gasteiger charge is -2.27. The van der Waals surface area contributed by atoms with Gasteiger partial charge in [0.25, 0.3) is 5.91 Å². The molecular weight excluding hydrogens is 436 g/mol. The molecule has 172 valence electrons. The van der Waals surface area contributed by atoms with E-state index < -0.39 is 10.0 Å². The summed E-state index contributed by atoms with van der Waals surface area (Å²) in [6, 6.07) is 24.4. The standard InChI is InChI=1S/C26H28N2O4S/c1-21-12-13-24(33(30,31)28-14-16-32-17-15-28)18-25(21)26(29)27(19-22-8-4-2-5-9-22)20-23-10-6-3-7-11-23/h2-13,18H,14-17,19-20H2,1H3. The minimum atomic E-state index is -3.70. The summed E-state index contributed by atoms with van der Waals surface area (Å²) < 4.78 is 33.0. The van der Waals surface area contributed by atoms with E-state index in [-0.39, 0.29) is 10.8 Å². The van der Waals surface area contributed by atoms with E-state index in [1.165, 1.54) is 10.4 Å². The molecule has 0 spiro atoms. The van der Waals surface area contributed by atoms with Crippen molar-refractivity contribution in [3.63, 3.8) is 0 Å². The number of nitrogens with zero attached hydrogens (tertiary/aromatic N) is 2. The molecule has 0 unspecified atom stereocenters. The number of carbonyl (C=O) groups is 1. The topological polar surface area (TPSA) is 66.9 Å². The van der Waals surface area contributed by atoms with Crippen LogP contribution in [0.2, 0.25) is 0 Å². The molecule has 0 N–H and O–H groups in total. The zero-order chi connectivity index (χ0) is 23.3. The predicted molar refractivity (Wildman–Crippen MR) is 127 cm³/mol. The first-order chi connectivity index (χ1) is 15.9. The lowest BCUT2D eigenvalue weighted by molar-refractivity contribution is 0.0725. The molecule has 6 nitrogen and oxygen atoms in total. The Hall–Kier alpha value is -3.00. The first-order valence-corrected chi connectivity index (χ1v) is 12.4. The number of carbonyl (C=O) groups excluding carboxylic acids is 1. The second kappa shape index (κ2) is 10.3. The second-order valence-electron chi connectivity index (χ2n) is 8.13. The second-order valence-corrected chi connectivity index (χ2v) is 10.1. The largest absolute Gasteiger partial charge is 0.379 e. The Kier molecular flexibility index (Phi) is 7.23. The minimum absolute atomic E-state index is 0.137. The highest BCUT2D eigenvalue weighted by molar-refractivity contribution is 7.89. The maximum atomic E-state index is 13.7. The SMILES string of the molecule is Cc1ccc(S(=O)(=O)N2CCOCC2)cc1C(=O)N(Cc1ccccc1)Cc1ccccc1. The molecule has 3 aromatic rings. The van der Waals surface area contributed by atoms with Crippen molar-refractivity contribution in [1.29, 1.82) is 0 Å². The van der Waals surface area contributed by atoms with Crippen molar-refractivity contribution >= 4 is 15.9 Å². The zero-order valence-electron chi connectivity index (χ0n) is 18.7. The highest BCUT2D eigenvalue weighted by Gasteiger charge is 2.28. The van der Waals surface area contributed by atoms with Crippen LogP contribution in [0.3, 0.4) is 0 Å². The summed E-state index contributed by atoms with van der Waals surface area (Å²) in [5.74, 6) is -0.195. The number of rotatable bonds is 7. The van der Waals surface area contributed by atoms with E-state index in [1.54, 1.807) is 17.0 Å². The van der Waals surface area contributed by atoms with Gasteiger partial charge in [0.05, 0.1) is 18.1 Å². The van der Waals surface area contributed by atoms with Crippen LogP contribution in [0.25, 0.3) is 0 Å². The molecule has 0 atom stereocenters. The third kappa shape index (κ3) is 5.50. The summed E-state index contributed by atoms with van der Waals surface area (Å²) in [5, 5.41) is 0. The number of morpholine rings is 1. The third-order valence-corrected chi connectivity index (χ3v) is 7.66. The average molecular weight is 465 g/mol. The molecule has 1 amide bonds. The van der Waals surface area contributed by atoms with Gasteiger partial charge in [0.1, 0.15) is 0 Å². The normalized spacial score (nSPS) is 14.7. The number of amides is 1. The van der Waals surface area contributed by atoms with E-state index >= 15 is 0 Å². The fourth-order valence-electron chi connectivity index (χ4n) is 3.91. The third-order valence-electron chi connectivity index (χ3n) is 5.77. The van der Waals surface area contributed by atoms with Crippen LogP contribution in [0.1, 0.15) is 27.0 Å². The molecule has 1 saturated heterocycles. The highest BCUT2D eigenvalue weighted by atomic mass is 32.2. The number of aryl methyl sites for hydroxylation is 1. The fraction of sp³-hybridized carbons (Fsp3) is 0.269. The molecule has 0 aromatic heterocycles. The van der Waals surface area contributed by atoms with Crippen LogP contribution >= 0.6 is 0 Å². The van der Waals surface area contributed by atoms with Crippen LogP contribution in [-0.4, -0.2) is 49.8 Å². The lowest BCUT2D eigenvalue weighted by atomic mass is 10.1. The molecule has 1 heterocycles. The number of benzene rings is 3. The van der Waals surface area contributed by atoms with E-state index in [9.17, 15) is 13.2 Å². The van der Waals surface area contributed by atoms with Gasteiger partial charge in [-0.2, -0.15) is 4.31 Å². The predicted octanol–water partition coefficient (Wildman–Crippen LogP) is 3.86. The van der Waals surface area contributed by atoms with Gasteiger partial charge in [0, 0.05) is 31.7 Å². The molecule has 0 bridgehead atoms. The van der Waals surface area contributed by atoms with Crippen LogP contribution in [0.4, 0.5) is 0 Å². The molecule has 1 fully saturated rings. The molecule has 0 radical (unpaired) electrons. The van der Waals surface area contributed by atoms with Gasteiger partial charge < -0.3 is 9.64 Å². The van der Waals surface area contributed by atoms with E-state index in [0.29, 0.717) is 45.0 Å². The van der Waals surface area contributed by atoms with Gasteiger partial charge in [-0.1, -0.05) is 66.7 Å². The molecule has 1 aliphatic heterocycles. The summed E-state index contributed by atoms with van der Waals surface area (Å²) in [7, 11) is -3.70. The number of hydrogen-bond acceptors (Lipinski definition) is 4. The maximum absolute atomic E-state index is 13.7. The Bertz CT molecular complexity index is 1150. The van der Waals surface area contributed by atoms with Crippen molar-refractivity contribution in [3.05, 3.63) is 101 Å². The first kappa shape index (κ1) is 23.2. The van der Waals surface area contributed by atoms with Crippen LogP contribution in [0, 0.1) is 6.92 Å². The monoisotopic (exact) mass is 464 g/mol. The fourth-order valence-corrected chi connectivity index (χ4v) is 5.34. The Morgan fingerprint density at radius 2 is 1.42 bits per heavy atom. The lowest BCUT2D eigenvalue weighted by Crippen LogP contribution is -2.40. The van der Waals surface area contributed by atoms with Crippen molar-refractivity contribution in [2.75, 3.05) is 26.3 Å². The molecule has 1 aliphatic rings. The summed E-state index contributed by atoms with van der Waals surface area (Å²) >= 11 is 0. The van der Waals surface area contributed by atoms with Crippen LogP contribution < -0.4 is 0 Å². The van der Waals surface area contributed by atoms with E-state index in [0.717, 1.165) is 16.7 Å². The van der Waals surface area contributed by atoms with E-state index in [4.69, 9.17) is 4.74 Å². The summed E-state index contributed by atoms with van der Waals surface area (Å²) in [6.45, 7) is 4.06. The maximum Gasteiger partial charge on any atom is 0.254 e. The average Bonchev–Trinajstić information content (AvgIpc) is 2.85. The van der Waals surface area contributed by atoms with Crippen molar-refractivity contribution in [1.82, 2.24) is 9.21 Å². The quantitative estimate of drug-likeness (QED) is 0.533. The molecule has 0 aliphatic carbocycles. The van der Waals surface area contributed by atoms with Gasteiger partial charge in [-0.15, -0.1) is 0 Å². The van der Waals surface area contributed by atoms with Gasteiger partial charge in [0.2, 0.25) is 10.0 Å². The van der Waals surface area contributed by atoms with Gasteiger partial charge >= 0.3 is 0 Å². The molecule has 3 aromatic carbocycles. The van der Waals surface area contributed by atoms with Gasteiger partial charge in [-0.25, -0.2) is 8.42 Å². The van der Waals surface area contributed by atoms with E-state index in [1.807, 2.05) is 67.6 Å². The van der Waals surface area contributed by atoms with Gasteiger partial charge in [0.15, 0.2) is 0 Å². The van der Waals surface area contributed by atoms with Crippen molar-refractivity contribution < 1.29 is 17.9 Å².